The third-order valence-electron chi connectivity index (χ3n) is 4.59. The largest absolute Gasteiger partial charge is 0.485 e. The number of carbonyl (C=O) groups excluding carboxylic acids is 3. The summed E-state index contributed by atoms with van der Waals surface area (Å²) in [5.41, 5.74) is 1.18. The summed E-state index contributed by atoms with van der Waals surface area (Å²) in [4.78, 5) is 37.8. The molecule has 3 amide bonds. The second-order valence-corrected chi connectivity index (χ2v) is 7.47. The van der Waals surface area contributed by atoms with Crippen molar-refractivity contribution in [3.8, 4) is 11.5 Å². The highest BCUT2D eigenvalue weighted by Crippen LogP contribution is 2.39. The lowest BCUT2D eigenvalue weighted by Crippen LogP contribution is -2.40. The average molecular weight is 402 g/mol. The Balaban J connectivity index is 1.54. The van der Waals surface area contributed by atoms with Gasteiger partial charge in [-0.25, -0.2) is 4.79 Å². The van der Waals surface area contributed by atoms with Gasteiger partial charge in [0.25, 0.3) is 11.8 Å². The Labute approximate surface area is 164 Å². The highest BCUT2D eigenvalue weighted by Gasteiger charge is 2.32. The maximum Gasteiger partial charge on any atom is 0.413 e. The van der Waals surface area contributed by atoms with Gasteiger partial charge in [0, 0.05) is 4.88 Å². The van der Waals surface area contributed by atoms with Gasteiger partial charge in [0.2, 0.25) is 6.10 Å². The fourth-order valence-electron chi connectivity index (χ4n) is 3.28. The van der Waals surface area contributed by atoms with E-state index in [0.29, 0.717) is 22.1 Å². The molecule has 1 aliphatic heterocycles. The van der Waals surface area contributed by atoms with Gasteiger partial charge in [-0.1, -0.05) is 12.1 Å². The Morgan fingerprint density at radius 3 is 2.75 bits per heavy atom. The van der Waals surface area contributed by atoms with Crippen LogP contribution in [-0.2, 0) is 22.4 Å². The lowest BCUT2D eigenvalue weighted by Gasteiger charge is -2.25. The Morgan fingerprint density at radius 2 is 1.96 bits per heavy atom. The van der Waals surface area contributed by atoms with Crippen molar-refractivity contribution < 1.29 is 28.6 Å². The third-order valence-corrected chi connectivity index (χ3v) is 5.79. The number of imide groups is 1. The van der Waals surface area contributed by atoms with Crippen molar-refractivity contribution in [2.24, 2.45) is 0 Å². The molecule has 28 heavy (non-hydrogen) atoms. The molecule has 146 valence electrons. The normalized spacial score (nSPS) is 16.8. The first-order valence-corrected chi connectivity index (χ1v) is 9.61. The fraction of sp³-hybridized carbons (Fsp3) is 0.316. The molecule has 0 spiro atoms. The summed E-state index contributed by atoms with van der Waals surface area (Å²) < 4.78 is 15.8. The van der Waals surface area contributed by atoms with Gasteiger partial charge >= 0.3 is 6.09 Å². The number of hydrogen-bond acceptors (Lipinski definition) is 7. The maximum atomic E-state index is 12.7. The van der Waals surface area contributed by atoms with E-state index in [1.165, 1.54) is 18.4 Å². The predicted molar refractivity (Wildman–Crippen MR) is 101 cm³/mol. The van der Waals surface area contributed by atoms with Gasteiger partial charge in [-0.3, -0.25) is 14.9 Å². The molecule has 0 bridgehead atoms. The monoisotopic (exact) mass is 402 g/mol. The topological polar surface area (TPSA) is 103 Å². The number of ether oxygens (including phenoxy) is 3. The quantitative estimate of drug-likeness (QED) is 0.818. The number of fused-ring (bicyclic) bond motifs is 2. The molecule has 2 aromatic rings. The molecule has 0 radical (unpaired) electrons. The van der Waals surface area contributed by atoms with Crippen LogP contribution < -0.4 is 20.1 Å². The van der Waals surface area contributed by atoms with Crippen LogP contribution in [0.2, 0.25) is 0 Å². The zero-order chi connectivity index (χ0) is 19.7. The SMILES string of the molecule is COC(=O)NC(=O)c1c(NC(=O)[C@@H]2COc3ccccc3O2)sc2c1CCC2. The van der Waals surface area contributed by atoms with Crippen LogP contribution in [0.15, 0.2) is 24.3 Å². The minimum Gasteiger partial charge on any atom is -0.485 e. The molecule has 1 aromatic heterocycles. The van der Waals surface area contributed by atoms with E-state index >= 15 is 0 Å². The molecule has 0 unspecified atom stereocenters. The van der Waals surface area contributed by atoms with E-state index in [1.54, 1.807) is 18.2 Å². The summed E-state index contributed by atoms with van der Waals surface area (Å²) in [6.45, 7) is 0.0671. The summed E-state index contributed by atoms with van der Waals surface area (Å²) in [6.07, 6.45) is 0.807. The van der Waals surface area contributed by atoms with Crippen molar-refractivity contribution in [3.05, 3.63) is 40.3 Å². The van der Waals surface area contributed by atoms with Gasteiger partial charge in [-0.15, -0.1) is 11.3 Å². The zero-order valence-electron chi connectivity index (χ0n) is 15.1. The summed E-state index contributed by atoms with van der Waals surface area (Å²) in [7, 11) is 1.18. The van der Waals surface area contributed by atoms with Crippen LogP contribution in [0.5, 0.6) is 11.5 Å². The molecule has 8 nitrogen and oxygen atoms in total. The molecule has 4 rings (SSSR count). The van der Waals surface area contributed by atoms with E-state index in [-0.39, 0.29) is 6.61 Å². The van der Waals surface area contributed by atoms with Gasteiger partial charge in [-0.2, -0.15) is 0 Å². The highest BCUT2D eigenvalue weighted by atomic mass is 32.1. The van der Waals surface area contributed by atoms with Crippen LogP contribution >= 0.6 is 11.3 Å². The lowest BCUT2D eigenvalue weighted by molar-refractivity contribution is -0.125. The number of alkyl carbamates (subject to hydrolysis) is 1. The first-order valence-electron chi connectivity index (χ1n) is 8.80. The second kappa shape index (κ2) is 7.51. The molecule has 0 saturated carbocycles. The molecule has 0 saturated heterocycles. The van der Waals surface area contributed by atoms with Crippen LogP contribution in [0, 0.1) is 0 Å². The Morgan fingerprint density at radius 1 is 1.18 bits per heavy atom. The van der Waals surface area contributed by atoms with Gasteiger partial charge < -0.3 is 19.5 Å². The summed E-state index contributed by atoms with van der Waals surface area (Å²) in [6, 6.07) is 7.11. The summed E-state index contributed by atoms with van der Waals surface area (Å²) in [5, 5.41) is 5.34. The van der Waals surface area contributed by atoms with Crippen LogP contribution in [0.3, 0.4) is 0 Å². The number of methoxy groups -OCH3 is 1. The van der Waals surface area contributed by atoms with E-state index in [9.17, 15) is 14.4 Å². The van der Waals surface area contributed by atoms with Crippen molar-refractivity contribution in [2.45, 2.75) is 25.4 Å². The Bertz CT molecular complexity index is 954. The second-order valence-electron chi connectivity index (χ2n) is 6.36. The van der Waals surface area contributed by atoms with Crippen molar-refractivity contribution >= 4 is 34.2 Å². The van der Waals surface area contributed by atoms with Crippen LogP contribution in [0.4, 0.5) is 9.80 Å². The standard InChI is InChI=1S/C19H18N2O6S/c1-25-19(24)21-17(23)15-10-5-4-8-14(10)28-18(15)20-16(22)13-9-26-11-6-2-3-7-12(11)27-13/h2-3,6-7,13H,4-5,8-9H2,1H3,(H,20,22)(H,21,23,24)/t13-/m0/s1. The van der Waals surface area contributed by atoms with Crippen molar-refractivity contribution in [1.29, 1.82) is 0 Å². The third kappa shape index (κ3) is 3.40. The number of benzene rings is 1. The molecule has 9 heteroatoms. The van der Waals surface area contributed by atoms with Gasteiger partial charge in [0.1, 0.15) is 11.6 Å². The molecule has 1 aromatic carbocycles. The van der Waals surface area contributed by atoms with Crippen LogP contribution in [0.25, 0.3) is 0 Å². The van der Waals surface area contributed by atoms with E-state index in [2.05, 4.69) is 15.4 Å². The summed E-state index contributed by atoms with van der Waals surface area (Å²) in [5.74, 6) is 0.0697. The van der Waals surface area contributed by atoms with E-state index in [4.69, 9.17) is 9.47 Å². The lowest BCUT2D eigenvalue weighted by atomic mass is 10.1. The number of amides is 3. The van der Waals surface area contributed by atoms with Crippen LogP contribution in [-0.4, -0.2) is 37.7 Å². The van der Waals surface area contributed by atoms with Crippen molar-refractivity contribution in [3.63, 3.8) is 0 Å². The first kappa shape index (κ1) is 18.3. The molecule has 2 heterocycles. The van der Waals surface area contributed by atoms with Gasteiger partial charge in [0.05, 0.1) is 12.7 Å². The Hall–Kier alpha value is -3.07. The number of para-hydroxylation sites is 2. The molecule has 0 fully saturated rings. The smallest absolute Gasteiger partial charge is 0.413 e. The van der Waals surface area contributed by atoms with E-state index < -0.39 is 24.0 Å². The van der Waals surface area contributed by atoms with Crippen molar-refractivity contribution in [2.75, 3.05) is 19.0 Å². The molecule has 2 aliphatic rings. The van der Waals surface area contributed by atoms with E-state index in [0.717, 1.165) is 29.7 Å². The molecule has 1 atom stereocenters. The van der Waals surface area contributed by atoms with Gasteiger partial charge in [-0.05, 0) is 37.0 Å². The number of aryl methyl sites for hydroxylation is 1. The Kier molecular flexibility index (Phi) is 4.91. The number of carbonyl (C=O) groups is 3. The number of hydrogen-bond donors (Lipinski definition) is 2. The minimum absolute atomic E-state index is 0.0671. The molecular weight excluding hydrogens is 384 g/mol. The molecular formula is C19H18N2O6S. The highest BCUT2D eigenvalue weighted by molar-refractivity contribution is 7.17. The number of anilines is 1. The van der Waals surface area contributed by atoms with Gasteiger partial charge in [0.15, 0.2) is 11.5 Å². The molecule has 1 aliphatic carbocycles. The number of rotatable bonds is 3. The van der Waals surface area contributed by atoms with E-state index in [1.807, 2.05) is 6.07 Å². The predicted octanol–water partition coefficient (Wildman–Crippen LogP) is 2.51. The maximum absolute atomic E-state index is 12.7. The number of thiophene rings is 1. The minimum atomic E-state index is -0.846. The zero-order valence-corrected chi connectivity index (χ0v) is 15.9. The number of nitrogens with one attached hydrogen (secondary N) is 2. The van der Waals surface area contributed by atoms with Crippen LogP contribution in [0.1, 0.15) is 27.2 Å². The fourth-order valence-corrected chi connectivity index (χ4v) is 4.57. The van der Waals surface area contributed by atoms with Crippen molar-refractivity contribution in [1.82, 2.24) is 5.32 Å². The first-order chi connectivity index (χ1) is 13.6. The summed E-state index contributed by atoms with van der Waals surface area (Å²) >= 11 is 1.35. The molecule has 2 N–H and O–H groups in total. The average Bonchev–Trinajstić information content (AvgIpc) is 3.28.